The Morgan fingerprint density at radius 2 is 1.91 bits per heavy atom. The zero-order valence-corrected chi connectivity index (χ0v) is 21.1. The number of hydrogen-bond donors (Lipinski definition) is 2. The number of carbonyl (C=O) groups is 1. The van der Waals surface area contributed by atoms with Crippen molar-refractivity contribution in [3.05, 3.63) is 35.1 Å². The van der Waals surface area contributed by atoms with Crippen LogP contribution in [0, 0.1) is 23.7 Å². The van der Waals surface area contributed by atoms with E-state index >= 15 is 0 Å². The van der Waals surface area contributed by atoms with E-state index in [0.717, 1.165) is 31.9 Å². The van der Waals surface area contributed by atoms with Crippen molar-refractivity contribution in [3.63, 3.8) is 0 Å². The van der Waals surface area contributed by atoms with Gasteiger partial charge in [-0.1, -0.05) is 18.9 Å². The van der Waals surface area contributed by atoms with Crippen LogP contribution in [0.3, 0.4) is 0 Å². The van der Waals surface area contributed by atoms with Crippen LogP contribution in [0.25, 0.3) is 0 Å². The van der Waals surface area contributed by atoms with Crippen LogP contribution in [-0.4, -0.2) is 57.4 Å². The molecule has 0 aromatic heterocycles. The Labute approximate surface area is 205 Å². The summed E-state index contributed by atoms with van der Waals surface area (Å²) in [4.78, 5) is 15.5. The monoisotopic (exact) mass is 519 g/mol. The van der Waals surface area contributed by atoms with Gasteiger partial charge >= 0.3 is 0 Å². The number of fused-ring (bicyclic) bond motifs is 6. The molecule has 3 fully saturated rings. The first-order chi connectivity index (χ1) is 16.5. The summed E-state index contributed by atoms with van der Waals surface area (Å²) in [5.41, 5.74) is 0.492. The number of aliphatic hydroxyl groups excluding tert-OH is 1. The minimum atomic E-state index is -4.22. The molecule has 0 saturated heterocycles. The Hall–Kier alpha value is -2.40. The zero-order chi connectivity index (χ0) is 24.7. The average Bonchev–Trinajstić information content (AvgIpc) is 3.36. The number of hydrogen-bond acceptors (Lipinski definition) is 7. The molecular formula is C24H29N3O6S2. The topological polar surface area (TPSA) is 133 Å². The van der Waals surface area contributed by atoms with Crippen molar-refractivity contribution in [1.29, 1.82) is 0 Å². The molecule has 3 saturated carbocycles. The molecule has 2 bridgehead atoms. The molecule has 5 aliphatic rings. The predicted octanol–water partition coefficient (Wildman–Crippen LogP) is 2.61. The minimum Gasteiger partial charge on any atom is -0.511 e. The molecule has 9 nitrogen and oxygen atoms in total. The van der Waals surface area contributed by atoms with Crippen LogP contribution in [0.5, 0.6) is 0 Å². The minimum absolute atomic E-state index is 0.0321. The van der Waals surface area contributed by atoms with Crippen LogP contribution >= 0.6 is 0 Å². The highest BCUT2D eigenvalue weighted by molar-refractivity contribution is 7.90. The molecular weight excluding hydrogens is 490 g/mol. The second-order valence-electron chi connectivity index (χ2n) is 10.8. The first-order valence-electron chi connectivity index (χ1n) is 12.2. The molecule has 6 rings (SSSR count). The first kappa shape index (κ1) is 23.0. The summed E-state index contributed by atoms with van der Waals surface area (Å²) in [5.74, 6) is 0.238. The third kappa shape index (κ3) is 3.96. The number of nitrogens with one attached hydrogen (secondary N) is 1. The number of sulfone groups is 1. The molecule has 35 heavy (non-hydrogen) atoms. The fraction of sp³-hybridized carbons (Fsp3) is 0.583. The summed E-state index contributed by atoms with van der Waals surface area (Å²) in [6.45, 7) is 0.607. The SMILES string of the molecule is CS(=O)(=O)Cc1ccc2c(c1)S(=O)(=O)N=C(C1=C(O)C3C([C@H]4CC[C@@H]3C4)N(CCC3CC3)C1=O)N2. The molecule has 2 unspecified atom stereocenters. The van der Waals surface area contributed by atoms with Crippen molar-refractivity contribution in [2.45, 2.75) is 55.2 Å². The molecule has 2 aliphatic heterocycles. The Morgan fingerprint density at radius 1 is 1.17 bits per heavy atom. The Balaban J connectivity index is 1.39. The fourth-order valence-electron chi connectivity index (χ4n) is 6.55. The summed E-state index contributed by atoms with van der Waals surface area (Å²) < 4.78 is 53.5. The highest BCUT2D eigenvalue weighted by Gasteiger charge is 2.57. The molecule has 1 aromatic carbocycles. The van der Waals surface area contributed by atoms with Gasteiger partial charge in [-0.3, -0.25) is 4.79 Å². The molecule has 0 spiro atoms. The van der Waals surface area contributed by atoms with Crippen molar-refractivity contribution in [2.24, 2.45) is 28.1 Å². The van der Waals surface area contributed by atoms with E-state index in [-0.39, 0.29) is 57.3 Å². The van der Waals surface area contributed by atoms with Crippen LogP contribution < -0.4 is 5.32 Å². The van der Waals surface area contributed by atoms with Gasteiger partial charge in [0.05, 0.1) is 11.4 Å². The van der Waals surface area contributed by atoms with Crippen molar-refractivity contribution in [1.82, 2.24) is 4.90 Å². The quantitative estimate of drug-likeness (QED) is 0.590. The van der Waals surface area contributed by atoms with Gasteiger partial charge in [0.1, 0.15) is 16.2 Å². The second-order valence-corrected chi connectivity index (χ2v) is 14.5. The Bertz CT molecular complexity index is 1390. The summed E-state index contributed by atoms with van der Waals surface area (Å²) in [5, 5.41) is 14.3. The first-order valence-corrected chi connectivity index (χ1v) is 15.7. The number of nitrogens with zero attached hydrogens (tertiary/aromatic N) is 2. The third-order valence-electron chi connectivity index (χ3n) is 8.21. The molecule has 4 atom stereocenters. The van der Waals surface area contributed by atoms with Gasteiger partial charge in [0.25, 0.3) is 15.9 Å². The van der Waals surface area contributed by atoms with E-state index in [0.29, 0.717) is 23.9 Å². The number of benzene rings is 1. The number of amides is 1. The molecule has 3 aliphatic carbocycles. The van der Waals surface area contributed by atoms with Crippen molar-refractivity contribution < 1.29 is 26.7 Å². The normalized spacial score (nSPS) is 31.2. The molecule has 1 amide bonds. The van der Waals surface area contributed by atoms with Crippen LogP contribution in [0.1, 0.15) is 44.1 Å². The van der Waals surface area contributed by atoms with E-state index in [4.69, 9.17) is 0 Å². The maximum Gasteiger partial charge on any atom is 0.286 e. The lowest BCUT2D eigenvalue weighted by Crippen LogP contribution is -2.54. The van der Waals surface area contributed by atoms with Crippen molar-refractivity contribution >= 4 is 37.3 Å². The van der Waals surface area contributed by atoms with Gasteiger partial charge in [0.15, 0.2) is 15.7 Å². The van der Waals surface area contributed by atoms with Gasteiger partial charge in [0.2, 0.25) is 0 Å². The Kier molecular flexibility index (Phi) is 5.13. The lowest BCUT2D eigenvalue weighted by Gasteiger charge is -2.44. The number of carbonyl (C=O) groups excluding carboxylic acids is 1. The number of aliphatic hydroxyl groups is 1. The molecule has 2 N–H and O–H groups in total. The van der Waals surface area contributed by atoms with E-state index in [9.17, 15) is 26.7 Å². The van der Waals surface area contributed by atoms with Crippen LogP contribution in [0.15, 0.2) is 38.8 Å². The number of sulfonamides is 1. The lowest BCUT2D eigenvalue weighted by molar-refractivity contribution is -0.133. The Morgan fingerprint density at radius 3 is 2.63 bits per heavy atom. The van der Waals surface area contributed by atoms with Crippen molar-refractivity contribution in [2.75, 3.05) is 18.1 Å². The molecule has 2 heterocycles. The van der Waals surface area contributed by atoms with Gasteiger partial charge in [-0.2, -0.15) is 8.42 Å². The largest absolute Gasteiger partial charge is 0.511 e. The highest BCUT2D eigenvalue weighted by atomic mass is 32.2. The van der Waals surface area contributed by atoms with Gasteiger partial charge in [-0.25, -0.2) is 8.42 Å². The van der Waals surface area contributed by atoms with E-state index in [1.807, 2.05) is 4.90 Å². The number of amidine groups is 1. The molecule has 11 heteroatoms. The van der Waals surface area contributed by atoms with E-state index in [2.05, 4.69) is 9.71 Å². The molecule has 188 valence electrons. The van der Waals surface area contributed by atoms with Crippen LogP contribution in [-0.2, 0) is 30.4 Å². The van der Waals surface area contributed by atoms with E-state index in [1.165, 1.54) is 31.0 Å². The van der Waals surface area contributed by atoms with Crippen LogP contribution in [0.4, 0.5) is 5.69 Å². The van der Waals surface area contributed by atoms with Gasteiger partial charge in [-0.05, 0) is 61.1 Å². The highest BCUT2D eigenvalue weighted by Crippen LogP contribution is 2.55. The summed E-state index contributed by atoms with van der Waals surface area (Å²) in [6.07, 6.45) is 7.39. The summed E-state index contributed by atoms with van der Waals surface area (Å²) in [7, 11) is -7.57. The standard InChI is InChI=1S/C24H29N3O6S2/c1-34(30,31)12-14-4-7-17-18(10-14)35(32,33)26-23(25-17)20-22(28)19-15-5-6-16(11-15)21(19)27(24(20)29)9-8-13-2-3-13/h4,7,10,13,15-16,19,21,28H,2-3,5-6,8-9,11-12H2,1H3,(H,25,26)/t15-,16+,19?,21?/m1/s1. The van der Waals surface area contributed by atoms with Crippen molar-refractivity contribution in [3.8, 4) is 0 Å². The summed E-state index contributed by atoms with van der Waals surface area (Å²) >= 11 is 0. The number of anilines is 1. The molecule has 1 aromatic rings. The third-order valence-corrected chi connectivity index (χ3v) is 10.4. The average molecular weight is 520 g/mol. The van der Waals surface area contributed by atoms with E-state index in [1.54, 1.807) is 0 Å². The zero-order valence-electron chi connectivity index (χ0n) is 19.5. The smallest absolute Gasteiger partial charge is 0.286 e. The van der Waals surface area contributed by atoms with Gasteiger partial charge in [-0.15, -0.1) is 4.40 Å². The van der Waals surface area contributed by atoms with Gasteiger partial charge in [0, 0.05) is 24.8 Å². The predicted molar refractivity (Wildman–Crippen MR) is 130 cm³/mol. The second kappa shape index (κ2) is 7.80. The maximum atomic E-state index is 13.7. The number of rotatable bonds is 6. The van der Waals surface area contributed by atoms with Gasteiger partial charge < -0.3 is 15.3 Å². The lowest BCUT2D eigenvalue weighted by atomic mass is 9.77. The fourth-order valence-corrected chi connectivity index (χ4v) is 8.51. The summed E-state index contributed by atoms with van der Waals surface area (Å²) in [6, 6.07) is 4.29. The maximum absolute atomic E-state index is 13.7. The molecule has 0 radical (unpaired) electrons. The van der Waals surface area contributed by atoms with Crippen LogP contribution in [0.2, 0.25) is 0 Å². The van der Waals surface area contributed by atoms with E-state index < -0.39 is 19.9 Å².